The molecule has 0 amide bonds. The van der Waals surface area contributed by atoms with Crippen molar-refractivity contribution in [1.82, 2.24) is 5.32 Å². The molecule has 1 aromatic heterocycles. The molecule has 2 aromatic rings. The molecule has 0 saturated heterocycles. The molecule has 2 rings (SSSR count). The van der Waals surface area contributed by atoms with E-state index in [0.29, 0.717) is 6.04 Å². The first-order valence-electron chi connectivity index (χ1n) is 6.89. The van der Waals surface area contributed by atoms with Gasteiger partial charge in [-0.1, -0.05) is 39.0 Å². The predicted octanol–water partition coefficient (Wildman–Crippen LogP) is 4.47. The molecule has 2 heteroatoms. The molecule has 0 aliphatic rings. The van der Waals surface area contributed by atoms with Crippen LogP contribution in [-0.4, -0.2) is 12.6 Å². The highest BCUT2D eigenvalue weighted by Crippen LogP contribution is 2.27. The Labute approximate surface area is 114 Å². The summed E-state index contributed by atoms with van der Waals surface area (Å²) in [6.45, 7) is 7.85. The van der Waals surface area contributed by atoms with E-state index >= 15 is 0 Å². The summed E-state index contributed by atoms with van der Waals surface area (Å²) in [6, 6.07) is 9.34. The minimum absolute atomic E-state index is 0.605. The lowest BCUT2D eigenvalue weighted by Crippen LogP contribution is -2.32. The van der Waals surface area contributed by atoms with Gasteiger partial charge < -0.3 is 5.32 Å². The highest BCUT2D eigenvalue weighted by Gasteiger charge is 2.13. The number of hydrogen-bond acceptors (Lipinski definition) is 2. The lowest BCUT2D eigenvalue weighted by atomic mass is 9.97. The summed E-state index contributed by atoms with van der Waals surface area (Å²) >= 11 is 1.87. The highest BCUT2D eigenvalue weighted by atomic mass is 32.1. The molecule has 1 atom stereocenters. The molecule has 98 valence electrons. The largest absolute Gasteiger partial charge is 0.314 e. The Balaban J connectivity index is 2.15. The van der Waals surface area contributed by atoms with E-state index in [1.165, 1.54) is 22.1 Å². The summed E-state index contributed by atoms with van der Waals surface area (Å²) < 4.78 is 1.41. The van der Waals surface area contributed by atoms with Crippen molar-refractivity contribution in [3.05, 3.63) is 35.2 Å². The summed E-state index contributed by atoms with van der Waals surface area (Å²) in [4.78, 5) is 0. The second kappa shape index (κ2) is 6.35. The van der Waals surface area contributed by atoms with Gasteiger partial charge in [0.2, 0.25) is 0 Å². The summed E-state index contributed by atoms with van der Waals surface area (Å²) in [6.07, 6.45) is 2.40. The Morgan fingerprint density at radius 2 is 2.00 bits per heavy atom. The van der Waals surface area contributed by atoms with Crippen LogP contribution in [0.4, 0.5) is 0 Å². The number of rotatable bonds is 6. The van der Waals surface area contributed by atoms with Gasteiger partial charge in [0.25, 0.3) is 0 Å². The number of fused-ring (bicyclic) bond motifs is 1. The van der Waals surface area contributed by atoms with Crippen LogP contribution in [0.25, 0.3) is 10.1 Å². The second-order valence-corrected chi connectivity index (χ2v) is 6.26. The monoisotopic (exact) mass is 261 g/mol. The molecule has 0 fully saturated rings. The van der Waals surface area contributed by atoms with Gasteiger partial charge in [0.15, 0.2) is 0 Å². The van der Waals surface area contributed by atoms with Crippen LogP contribution < -0.4 is 5.32 Å². The SMILES string of the molecule is CCNC(Cc1csc2ccccc12)CC(C)C. The first-order chi connectivity index (χ1) is 8.70. The van der Waals surface area contributed by atoms with Crippen LogP contribution in [0.15, 0.2) is 29.6 Å². The third-order valence-corrected chi connectivity index (χ3v) is 4.29. The zero-order chi connectivity index (χ0) is 13.0. The van der Waals surface area contributed by atoms with Crippen molar-refractivity contribution in [2.24, 2.45) is 5.92 Å². The lowest BCUT2D eigenvalue weighted by molar-refractivity contribution is 0.425. The summed E-state index contributed by atoms with van der Waals surface area (Å²) in [7, 11) is 0. The fourth-order valence-corrected chi connectivity index (χ4v) is 3.53. The van der Waals surface area contributed by atoms with Crippen molar-refractivity contribution < 1.29 is 0 Å². The molecule has 0 aliphatic carbocycles. The third kappa shape index (κ3) is 3.33. The first-order valence-corrected chi connectivity index (χ1v) is 7.77. The molecule has 18 heavy (non-hydrogen) atoms. The van der Waals surface area contributed by atoms with Crippen LogP contribution in [0, 0.1) is 5.92 Å². The Morgan fingerprint density at radius 1 is 1.22 bits per heavy atom. The molecule has 1 N–H and O–H groups in total. The Hall–Kier alpha value is -0.860. The molecule has 1 nitrogen and oxygen atoms in total. The van der Waals surface area contributed by atoms with Crippen molar-refractivity contribution in [3.8, 4) is 0 Å². The van der Waals surface area contributed by atoms with Crippen LogP contribution in [0.3, 0.4) is 0 Å². The van der Waals surface area contributed by atoms with Crippen LogP contribution in [0.5, 0.6) is 0 Å². The standard InChI is InChI=1S/C16H23NS/c1-4-17-14(9-12(2)3)10-13-11-18-16-8-6-5-7-15(13)16/h5-8,11-12,14,17H,4,9-10H2,1-3H3. The van der Waals surface area contributed by atoms with E-state index in [4.69, 9.17) is 0 Å². The van der Waals surface area contributed by atoms with Gasteiger partial charge in [-0.05, 0) is 47.7 Å². The van der Waals surface area contributed by atoms with Gasteiger partial charge in [0.1, 0.15) is 0 Å². The van der Waals surface area contributed by atoms with E-state index in [9.17, 15) is 0 Å². The maximum Gasteiger partial charge on any atom is 0.0345 e. The van der Waals surface area contributed by atoms with Gasteiger partial charge in [0, 0.05) is 10.7 Å². The van der Waals surface area contributed by atoms with Gasteiger partial charge >= 0.3 is 0 Å². The molecule has 0 aliphatic heterocycles. The zero-order valence-electron chi connectivity index (χ0n) is 11.6. The Morgan fingerprint density at radius 3 is 2.72 bits per heavy atom. The van der Waals surface area contributed by atoms with Crippen molar-refractivity contribution in [2.75, 3.05) is 6.54 Å². The molecular weight excluding hydrogens is 238 g/mol. The normalized spacial score (nSPS) is 13.3. The van der Waals surface area contributed by atoms with Crippen LogP contribution in [-0.2, 0) is 6.42 Å². The molecule has 1 heterocycles. The average molecular weight is 261 g/mol. The van der Waals surface area contributed by atoms with Gasteiger partial charge in [-0.2, -0.15) is 0 Å². The van der Waals surface area contributed by atoms with Crippen molar-refractivity contribution in [3.63, 3.8) is 0 Å². The fourth-order valence-electron chi connectivity index (χ4n) is 2.55. The summed E-state index contributed by atoms with van der Waals surface area (Å²) in [5, 5.41) is 7.39. The maximum atomic E-state index is 3.62. The lowest BCUT2D eigenvalue weighted by Gasteiger charge is -2.19. The molecule has 0 saturated carbocycles. The van der Waals surface area contributed by atoms with E-state index in [0.717, 1.165) is 18.9 Å². The fraction of sp³-hybridized carbons (Fsp3) is 0.500. The minimum atomic E-state index is 0.605. The van der Waals surface area contributed by atoms with Crippen LogP contribution >= 0.6 is 11.3 Å². The zero-order valence-corrected chi connectivity index (χ0v) is 12.4. The van der Waals surface area contributed by atoms with Gasteiger partial charge in [-0.3, -0.25) is 0 Å². The van der Waals surface area contributed by atoms with Crippen LogP contribution in [0.2, 0.25) is 0 Å². The van der Waals surface area contributed by atoms with Gasteiger partial charge in [-0.15, -0.1) is 11.3 Å². The van der Waals surface area contributed by atoms with E-state index in [-0.39, 0.29) is 0 Å². The number of likely N-dealkylation sites (N-methyl/N-ethyl adjacent to an activating group) is 1. The van der Waals surface area contributed by atoms with E-state index in [1.54, 1.807) is 0 Å². The number of benzene rings is 1. The maximum absolute atomic E-state index is 3.62. The predicted molar refractivity (Wildman–Crippen MR) is 82.4 cm³/mol. The Bertz CT molecular complexity index is 487. The van der Waals surface area contributed by atoms with E-state index in [1.807, 2.05) is 11.3 Å². The first kappa shape index (κ1) is 13.6. The molecular formula is C16H23NS. The number of thiophene rings is 1. The van der Waals surface area contributed by atoms with Crippen molar-refractivity contribution >= 4 is 21.4 Å². The van der Waals surface area contributed by atoms with Crippen molar-refractivity contribution in [1.29, 1.82) is 0 Å². The third-order valence-electron chi connectivity index (χ3n) is 3.28. The quantitative estimate of drug-likeness (QED) is 0.809. The topological polar surface area (TPSA) is 12.0 Å². The Kier molecular flexibility index (Phi) is 4.79. The number of hydrogen-bond donors (Lipinski definition) is 1. The van der Waals surface area contributed by atoms with Gasteiger partial charge in [-0.25, -0.2) is 0 Å². The number of nitrogens with one attached hydrogen (secondary N) is 1. The second-order valence-electron chi connectivity index (χ2n) is 5.35. The average Bonchev–Trinajstić information content (AvgIpc) is 2.72. The highest BCUT2D eigenvalue weighted by molar-refractivity contribution is 7.17. The summed E-state index contributed by atoms with van der Waals surface area (Å²) in [5.74, 6) is 0.749. The molecule has 0 spiro atoms. The van der Waals surface area contributed by atoms with E-state index < -0.39 is 0 Å². The van der Waals surface area contributed by atoms with Crippen molar-refractivity contribution in [2.45, 2.75) is 39.7 Å². The molecule has 0 radical (unpaired) electrons. The minimum Gasteiger partial charge on any atom is -0.314 e. The molecule has 0 bridgehead atoms. The molecule has 1 aromatic carbocycles. The van der Waals surface area contributed by atoms with Crippen LogP contribution in [0.1, 0.15) is 32.8 Å². The van der Waals surface area contributed by atoms with E-state index in [2.05, 4.69) is 55.7 Å². The summed E-state index contributed by atoms with van der Waals surface area (Å²) in [5.41, 5.74) is 1.50. The van der Waals surface area contributed by atoms with Gasteiger partial charge in [0.05, 0.1) is 0 Å². The molecule has 1 unspecified atom stereocenters. The smallest absolute Gasteiger partial charge is 0.0345 e.